The van der Waals surface area contributed by atoms with Crippen LogP contribution in [0.3, 0.4) is 0 Å². The average Bonchev–Trinajstić information content (AvgIpc) is 2.60. The molecule has 1 aromatic carbocycles. The van der Waals surface area contributed by atoms with Gasteiger partial charge in [0.2, 0.25) is 0 Å². The fraction of sp³-hybridized carbons (Fsp3) is 0.409. The lowest BCUT2D eigenvalue weighted by Crippen LogP contribution is -1.93. The third kappa shape index (κ3) is 9.83. The zero-order valence-electron chi connectivity index (χ0n) is 15.1. The molecule has 0 atom stereocenters. The van der Waals surface area contributed by atoms with Gasteiger partial charge in [0.25, 0.3) is 0 Å². The zero-order valence-corrected chi connectivity index (χ0v) is 15.1. The molecule has 0 unspecified atom stereocenters. The highest BCUT2D eigenvalue weighted by atomic mass is 16.4. The number of benzene rings is 1. The smallest absolute Gasteiger partial charge is 0.303 e. The van der Waals surface area contributed by atoms with Crippen LogP contribution >= 0.6 is 0 Å². The molecule has 132 valence electrons. The molecule has 0 aliphatic carbocycles. The lowest BCUT2D eigenvalue weighted by atomic mass is 10.0. The SMILES string of the molecule is C=Cc1cccc(C=C)c1C=C.CCCCCCCCCC(=O)O. The maximum absolute atomic E-state index is 10.1. The minimum Gasteiger partial charge on any atom is -0.481 e. The largest absolute Gasteiger partial charge is 0.481 e. The van der Waals surface area contributed by atoms with Gasteiger partial charge in [-0.1, -0.05) is 102 Å². The zero-order chi connectivity index (χ0) is 18.2. The van der Waals surface area contributed by atoms with Crippen molar-refractivity contribution >= 4 is 24.2 Å². The van der Waals surface area contributed by atoms with Crippen molar-refractivity contribution < 1.29 is 9.90 Å². The summed E-state index contributed by atoms with van der Waals surface area (Å²) in [5.41, 5.74) is 3.30. The average molecular weight is 328 g/mol. The van der Waals surface area contributed by atoms with E-state index < -0.39 is 5.97 Å². The van der Waals surface area contributed by atoms with E-state index >= 15 is 0 Å². The molecule has 1 aromatic rings. The van der Waals surface area contributed by atoms with E-state index in [9.17, 15) is 4.79 Å². The lowest BCUT2D eigenvalue weighted by molar-refractivity contribution is -0.137. The molecule has 0 radical (unpaired) electrons. The summed E-state index contributed by atoms with van der Waals surface area (Å²) < 4.78 is 0. The number of hydrogen-bond donors (Lipinski definition) is 1. The van der Waals surface area contributed by atoms with Crippen molar-refractivity contribution in [1.82, 2.24) is 0 Å². The van der Waals surface area contributed by atoms with Crippen LogP contribution in [0, 0.1) is 0 Å². The summed E-state index contributed by atoms with van der Waals surface area (Å²) in [5, 5.41) is 8.35. The Morgan fingerprint density at radius 2 is 1.42 bits per heavy atom. The van der Waals surface area contributed by atoms with Crippen LogP contribution in [0.1, 0.15) is 75.0 Å². The van der Waals surface area contributed by atoms with Crippen LogP contribution < -0.4 is 0 Å². The third-order valence-corrected chi connectivity index (χ3v) is 3.81. The van der Waals surface area contributed by atoms with E-state index in [1.54, 1.807) is 0 Å². The van der Waals surface area contributed by atoms with Crippen LogP contribution in [0.25, 0.3) is 18.2 Å². The first kappa shape index (κ1) is 21.9. The molecular formula is C22H32O2. The first-order valence-electron chi connectivity index (χ1n) is 8.82. The molecule has 0 aliphatic heterocycles. The molecule has 0 aromatic heterocycles. The van der Waals surface area contributed by atoms with Gasteiger partial charge in [-0.3, -0.25) is 4.79 Å². The normalized spacial score (nSPS) is 9.54. The summed E-state index contributed by atoms with van der Waals surface area (Å²) >= 11 is 0. The Balaban J connectivity index is 0.000000441. The van der Waals surface area contributed by atoms with Gasteiger partial charge in [-0.2, -0.15) is 0 Å². The lowest BCUT2D eigenvalue weighted by Gasteiger charge is -2.03. The summed E-state index contributed by atoms with van der Waals surface area (Å²) in [5.74, 6) is -0.663. The van der Waals surface area contributed by atoms with E-state index in [2.05, 4.69) is 26.7 Å². The van der Waals surface area contributed by atoms with E-state index in [4.69, 9.17) is 5.11 Å². The predicted molar refractivity (Wildman–Crippen MR) is 107 cm³/mol. The van der Waals surface area contributed by atoms with Crippen molar-refractivity contribution in [2.75, 3.05) is 0 Å². The van der Waals surface area contributed by atoms with Crippen LogP contribution in [0.15, 0.2) is 37.9 Å². The second-order valence-corrected chi connectivity index (χ2v) is 5.73. The van der Waals surface area contributed by atoms with E-state index in [1.807, 2.05) is 36.4 Å². The summed E-state index contributed by atoms with van der Waals surface area (Å²) in [7, 11) is 0. The molecular weight excluding hydrogens is 296 g/mol. The van der Waals surface area contributed by atoms with Crippen molar-refractivity contribution in [3.05, 3.63) is 54.6 Å². The highest BCUT2D eigenvalue weighted by Gasteiger charge is 1.98. The molecule has 0 saturated heterocycles. The Kier molecular flexibility index (Phi) is 13.2. The quantitative estimate of drug-likeness (QED) is 0.452. The number of carboxylic acid groups (broad SMARTS) is 1. The Labute approximate surface area is 147 Å². The van der Waals surface area contributed by atoms with Crippen LogP contribution in [0.2, 0.25) is 0 Å². The fourth-order valence-corrected chi connectivity index (χ4v) is 2.43. The topological polar surface area (TPSA) is 37.3 Å². The summed E-state index contributed by atoms with van der Waals surface area (Å²) in [6.45, 7) is 13.4. The molecule has 0 spiro atoms. The molecule has 0 bridgehead atoms. The Hall–Kier alpha value is -2.09. The highest BCUT2D eigenvalue weighted by molar-refractivity contribution is 5.72. The highest BCUT2D eigenvalue weighted by Crippen LogP contribution is 2.18. The molecule has 1 N–H and O–H groups in total. The molecule has 0 saturated carbocycles. The number of unbranched alkanes of at least 4 members (excludes halogenated alkanes) is 6. The van der Waals surface area contributed by atoms with E-state index in [-0.39, 0.29) is 0 Å². The number of aliphatic carboxylic acids is 1. The van der Waals surface area contributed by atoms with Crippen LogP contribution in [0.4, 0.5) is 0 Å². The second kappa shape index (κ2) is 14.5. The molecule has 0 amide bonds. The monoisotopic (exact) mass is 328 g/mol. The maximum Gasteiger partial charge on any atom is 0.303 e. The first-order valence-corrected chi connectivity index (χ1v) is 8.82. The van der Waals surface area contributed by atoms with E-state index in [0.29, 0.717) is 6.42 Å². The molecule has 1 rings (SSSR count). The maximum atomic E-state index is 10.1. The van der Waals surface area contributed by atoms with Gasteiger partial charge in [-0.15, -0.1) is 0 Å². The van der Waals surface area contributed by atoms with Gasteiger partial charge < -0.3 is 5.11 Å². The minimum absolute atomic E-state index is 0.341. The Morgan fingerprint density at radius 3 is 1.83 bits per heavy atom. The molecule has 2 heteroatoms. The molecule has 24 heavy (non-hydrogen) atoms. The Morgan fingerprint density at radius 1 is 0.917 bits per heavy atom. The van der Waals surface area contributed by atoms with Crippen molar-refractivity contribution in [3.8, 4) is 0 Å². The standard InChI is InChI=1S/C12H12.C10H20O2/c1-4-10-8-7-9-11(5-2)12(10)6-3;1-2-3-4-5-6-7-8-9-10(11)12/h4-9H,1-3H2;2-9H2,1H3,(H,11,12). The van der Waals surface area contributed by atoms with Gasteiger partial charge in [0.1, 0.15) is 0 Å². The number of rotatable bonds is 11. The van der Waals surface area contributed by atoms with Crippen molar-refractivity contribution in [3.63, 3.8) is 0 Å². The number of hydrogen-bond acceptors (Lipinski definition) is 1. The summed E-state index contributed by atoms with van der Waals surface area (Å²) in [6, 6.07) is 6.01. The third-order valence-electron chi connectivity index (χ3n) is 3.81. The van der Waals surface area contributed by atoms with Crippen molar-refractivity contribution in [2.24, 2.45) is 0 Å². The van der Waals surface area contributed by atoms with Crippen molar-refractivity contribution in [2.45, 2.75) is 58.3 Å². The fourth-order valence-electron chi connectivity index (χ4n) is 2.43. The summed E-state index contributed by atoms with van der Waals surface area (Å²) in [4.78, 5) is 10.1. The van der Waals surface area contributed by atoms with Gasteiger partial charge in [0, 0.05) is 6.42 Å². The van der Waals surface area contributed by atoms with Crippen molar-refractivity contribution in [1.29, 1.82) is 0 Å². The second-order valence-electron chi connectivity index (χ2n) is 5.73. The number of carboxylic acids is 1. The predicted octanol–water partition coefficient (Wildman–Crippen LogP) is 6.83. The van der Waals surface area contributed by atoms with Gasteiger partial charge in [-0.25, -0.2) is 0 Å². The van der Waals surface area contributed by atoms with Crippen LogP contribution in [-0.2, 0) is 4.79 Å². The Bertz CT molecular complexity index is 488. The summed E-state index contributed by atoms with van der Waals surface area (Å²) in [6.07, 6.45) is 14.1. The van der Waals surface area contributed by atoms with E-state index in [0.717, 1.165) is 29.5 Å². The molecule has 0 heterocycles. The van der Waals surface area contributed by atoms with Gasteiger partial charge in [0.15, 0.2) is 0 Å². The van der Waals surface area contributed by atoms with Gasteiger partial charge >= 0.3 is 5.97 Å². The minimum atomic E-state index is -0.663. The number of carbonyl (C=O) groups is 1. The van der Waals surface area contributed by atoms with Gasteiger partial charge in [0.05, 0.1) is 0 Å². The van der Waals surface area contributed by atoms with Gasteiger partial charge in [-0.05, 0) is 23.1 Å². The molecule has 0 fully saturated rings. The molecule has 0 aliphatic rings. The van der Waals surface area contributed by atoms with Crippen LogP contribution in [-0.4, -0.2) is 11.1 Å². The van der Waals surface area contributed by atoms with E-state index in [1.165, 1.54) is 32.1 Å². The van der Waals surface area contributed by atoms with Crippen LogP contribution in [0.5, 0.6) is 0 Å². The molecule has 2 nitrogen and oxygen atoms in total. The first-order chi connectivity index (χ1) is 11.6.